The van der Waals surface area contributed by atoms with Gasteiger partial charge in [0.2, 0.25) is 11.8 Å². The SMILES string of the molecule is CN(Cc1cccc(O)c1)C(=O)[C@H]1CCCN(C2CCN(C(=O)C3CC3)CC2)C1. The first kappa shape index (κ1) is 20.2. The molecule has 1 saturated carbocycles. The maximum absolute atomic E-state index is 13.0. The van der Waals surface area contributed by atoms with Crippen molar-refractivity contribution in [3.05, 3.63) is 29.8 Å². The molecule has 0 unspecified atom stereocenters. The fourth-order valence-corrected chi connectivity index (χ4v) is 4.90. The number of benzene rings is 1. The van der Waals surface area contributed by atoms with Crippen molar-refractivity contribution in [1.82, 2.24) is 14.7 Å². The zero-order valence-electron chi connectivity index (χ0n) is 17.4. The largest absolute Gasteiger partial charge is 0.508 e. The lowest BCUT2D eigenvalue weighted by Gasteiger charge is -2.42. The second-order valence-electron chi connectivity index (χ2n) is 9.03. The molecule has 2 saturated heterocycles. The molecule has 0 bridgehead atoms. The number of phenols is 1. The zero-order chi connectivity index (χ0) is 20.4. The smallest absolute Gasteiger partial charge is 0.227 e. The van der Waals surface area contributed by atoms with Gasteiger partial charge in [-0.15, -0.1) is 0 Å². The number of hydrogen-bond acceptors (Lipinski definition) is 4. The molecule has 1 N–H and O–H groups in total. The molecule has 2 heterocycles. The molecule has 6 heteroatoms. The van der Waals surface area contributed by atoms with Gasteiger partial charge in [-0.25, -0.2) is 0 Å². The topological polar surface area (TPSA) is 64.1 Å². The third-order valence-electron chi connectivity index (χ3n) is 6.73. The first-order chi connectivity index (χ1) is 14.0. The molecule has 3 aliphatic rings. The van der Waals surface area contributed by atoms with Gasteiger partial charge >= 0.3 is 0 Å². The van der Waals surface area contributed by atoms with Crippen molar-refractivity contribution in [2.24, 2.45) is 11.8 Å². The van der Waals surface area contributed by atoms with E-state index in [4.69, 9.17) is 0 Å². The third kappa shape index (κ3) is 4.92. The van der Waals surface area contributed by atoms with Crippen molar-refractivity contribution in [3.63, 3.8) is 0 Å². The molecule has 1 aromatic carbocycles. The molecule has 1 atom stereocenters. The molecule has 0 spiro atoms. The number of rotatable bonds is 5. The van der Waals surface area contributed by atoms with Gasteiger partial charge in [0.25, 0.3) is 0 Å². The predicted molar refractivity (Wildman–Crippen MR) is 111 cm³/mol. The van der Waals surface area contributed by atoms with Crippen LogP contribution in [0, 0.1) is 11.8 Å². The van der Waals surface area contributed by atoms with Gasteiger partial charge < -0.3 is 14.9 Å². The molecular weight excluding hydrogens is 366 g/mol. The molecule has 29 heavy (non-hydrogen) atoms. The second-order valence-corrected chi connectivity index (χ2v) is 9.03. The Morgan fingerprint density at radius 2 is 1.83 bits per heavy atom. The standard InChI is InChI=1S/C23H33N3O3/c1-24(15-17-4-2-6-21(27)14-17)22(28)19-5-3-11-26(16-19)20-9-12-25(13-10-20)23(29)18-7-8-18/h2,4,6,14,18-20,27H,3,5,7-13,15-16H2,1H3/t19-/m0/s1. The molecule has 6 nitrogen and oxygen atoms in total. The van der Waals surface area contributed by atoms with E-state index < -0.39 is 0 Å². The normalized spacial score (nSPS) is 23.8. The van der Waals surface area contributed by atoms with Crippen molar-refractivity contribution in [3.8, 4) is 5.75 Å². The monoisotopic (exact) mass is 399 g/mol. The van der Waals surface area contributed by atoms with Crippen LogP contribution in [0.25, 0.3) is 0 Å². The van der Waals surface area contributed by atoms with Crippen LogP contribution in [0.2, 0.25) is 0 Å². The van der Waals surface area contributed by atoms with E-state index >= 15 is 0 Å². The average Bonchev–Trinajstić information content (AvgIpc) is 3.58. The lowest BCUT2D eigenvalue weighted by molar-refractivity contribution is -0.137. The Morgan fingerprint density at radius 3 is 2.52 bits per heavy atom. The Labute approximate surface area is 173 Å². The highest BCUT2D eigenvalue weighted by molar-refractivity contribution is 5.81. The van der Waals surface area contributed by atoms with Crippen LogP contribution in [0.3, 0.4) is 0 Å². The Hall–Kier alpha value is -2.08. The molecule has 3 fully saturated rings. The molecule has 2 amide bonds. The van der Waals surface area contributed by atoms with Crippen molar-refractivity contribution in [1.29, 1.82) is 0 Å². The van der Waals surface area contributed by atoms with Crippen LogP contribution in [0.1, 0.15) is 44.1 Å². The Kier molecular flexibility index (Phi) is 6.09. The summed E-state index contributed by atoms with van der Waals surface area (Å²) < 4.78 is 0. The molecule has 0 radical (unpaired) electrons. The highest BCUT2D eigenvalue weighted by atomic mass is 16.3. The van der Waals surface area contributed by atoms with Crippen molar-refractivity contribution >= 4 is 11.8 Å². The third-order valence-corrected chi connectivity index (χ3v) is 6.73. The number of piperidine rings is 2. The van der Waals surface area contributed by atoms with Gasteiger partial charge in [-0.2, -0.15) is 0 Å². The van der Waals surface area contributed by atoms with Gasteiger partial charge in [0.1, 0.15) is 5.75 Å². The second kappa shape index (κ2) is 8.74. The molecule has 4 rings (SSSR count). The number of nitrogens with zero attached hydrogens (tertiary/aromatic N) is 3. The number of amides is 2. The summed E-state index contributed by atoms with van der Waals surface area (Å²) in [5, 5.41) is 9.64. The van der Waals surface area contributed by atoms with Gasteiger partial charge in [0.15, 0.2) is 0 Å². The predicted octanol–water partition coefficient (Wildman–Crippen LogP) is 2.46. The van der Waals surface area contributed by atoms with E-state index in [-0.39, 0.29) is 17.6 Å². The lowest BCUT2D eigenvalue weighted by atomic mass is 9.92. The maximum Gasteiger partial charge on any atom is 0.227 e. The van der Waals surface area contributed by atoms with Gasteiger partial charge in [0.05, 0.1) is 5.92 Å². The van der Waals surface area contributed by atoms with Crippen LogP contribution in [0.4, 0.5) is 0 Å². The quantitative estimate of drug-likeness (QED) is 0.826. The van der Waals surface area contributed by atoms with Crippen LogP contribution >= 0.6 is 0 Å². The van der Waals surface area contributed by atoms with E-state index in [1.165, 1.54) is 0 Å². The van der Waals surface area contributed by atoms with Gasteiger partial charge in [-0.1, -0.05) is 12.1 Å². The summed E-state index contributed by atoms with van der Waals surface area (Å²) in [7, 11) is 1.85. The number of hydrogen-bond donors (Lipinski definition) is 1. The summed E-state index contributed by atoms with van der Waals surface area (Å²) in [6, 6.07) is 7.60. The number of carbonyl (C=O) groups excluding carboxylic acids is 2. The first-order valence-electron chi connectivity index (χ1n) is 11.1. The van der Waals surface area contributed by atoms with Gasteiger partial charge in [0, 0.05) is 45.2 Å². The minimum absolute atomic E-state index is 0.0391. The highest BCUT2D eigenvalue weighted by Gasteiger charge is 2.37. The van der Waals surface area contributed by atoms with E-state index in [0.29, 0.717) is 24.4 Å². The minimum atomic E-state index is 0.0391. The lowest BCUT2D eigenvalue weighted by Crippen LogP contribution is -2.51. The van der Waals surface area contributed by atoms with Crippen LogP contribution in [-0.2, 0) is 16.1 Å². The summed E-state index contributed by atoms with van der Waals surface area (Å²) in [6.07, 6.45) is 6.20. The number of phenolic OH excluding ortho intramolecular Hbond substituents is 1. The first-order valence-corrected chi connectivity index (χ1v) is 11.1. The Balaban J connectivity index is 1.28. The summed E-state index contributed by atoms with van der Waals surface area (Å²) in [6.45, 7) is 4.14. The molecule has 1 aromatic rings. The van der Waals surface area contributed by atoms with E-state index in [2.05, 4.69) is 9.80 Å². The van der Waals surface area contributed by atoms with Gasteiger partial charge in [-0.3, -0.25) is 14.5 Å². The van der Waals surface area contributed by atoms with Gasteiger partial charge in [-0.05, 0) is 62.8 Å². The average molecular weight is 400 g/mol. The number of carbonyl (C=O) groups is 2. The van der Waals surface area contributed by atoms with Crippen LogP contribution < -0.4 is 0 Å². The van der Waals surface area contributed by atoms with E-state index in [9.17, 15) is 14.7 Å². The Morgan fingerprint density at radius 1 is 1.07 bits per heavy atom. The highest BCUT2D eigenvalue weighted by Crippen LogP contribution is 2.33. The Bertz CT molecular complexity index is 741. The van der Waals surface area contributed by atoms with Crippen LogP contribution in [0.15, 0.2) is 24.3 Å². The number of likely N-dealkylation sites (tertiary alicyclic amines) is 2. The number of aromatic hydroxyl groups is 1. The fourth-order valence-electron chi connectivity index (χ4n) is 4.90. The zero-order valence-corrected chi connectivity index (χ0v) is 17.4. The van der Waals surface area contributed by atoms with E-state index in [0.717, 1.165) is 70.3 Å². The summed E-state index contributed by atoms with van der Waals surface area (Å²) in [5.74, 6) is 1.14. The summed E-state index contributed by atoms with van der Waals surface area (Å²) >= 11 is 0. The van der Waals surface area contributed by atoms with Crippen LogP contribution in [-0.4, -0.2) is 70.9 Å². The maximum atomic E-state index is 13.0. The van der Waals surface area contributed by atoms with Crippen LogP contribution in [0.5, 0.6) is 5.75 Å². The van der Waals surface area contributed by atoms with E-state index in [1.807, 2.05) is 19.2 Å². The summed E-state index contributed by atoms with van der Waals surface area (Å²) in [4.78, 5) is 31.6. The molecule has 0 aromatic heterocycles. The van der Waals surface area contributed by atoms with E-state index in [1.54, 1.807) is 17.0 Å². The fraction of sp³-hybridized carbons (Fsp3) is 0.652. The molecule has 2 aliphatic heterocycles. The summed E-state index contributed by atoms with van der Waals surface area (Å²) in [5.41, 5.74) is 0.946. The molecule has 158 valence electrons. The van der Waals surface area contributed by atoms with Crippen molar-refractivity contribution in [2.45, 2.75) is 51.1 Å². The van der Waals surface area contributed by atoms with Crippen molar-refractivity contribution in [2.75, 3.05) is 33.2 Å². The van der Waals surface area contributed by atoms with Crippen molar-refractivity contribution < 1.29 is 14.7 Å². The minimum Gasteiger partial charge on any atom is -0.508 e. The molecular formula is C23H33N3O3. The molecule has 1 aliphatic carbocycles.